The summed E-state index contributed by atoms with van der Waals surface area (Å²) in [6, 6.07) is 12.7. The van der Waals surface area contributed by atoms with E-state index in [9.17, 15) is 19.2 Å². The normalized spacial score (nSPS) is 18.2. The predicted octanol–water partition coefficient (Wildman–Crippen LogP) is 2.69. The number of urea groups is 1. The smallest absolute Gasteiger partial charge is 0.325 e. The van der Waals surface area contributed by atoms with Crippen molar-refractivity contribution in [2.45, 2.75) is 25.8 Å². The first kappa shape index (κ1) is 21.0. The van der Waals surface area contributed by atoms with Crippen molar-refractivity contribution in [3.05, 3.63) is 59.7 Å². The quantitative estimate of drug-likeness (QED) is 0.540. The Labute approximate surface area is 174 Å². The van der Waals surface area contributed by atoms with Gasteiger partial charge in [0.2, 0.25) is 5.91 Å². The fourth-order valence-corrected chi connectivity index (χ4v) is 3.44. The number of carbonyl (C=O) groups excluding carboxylic acids is 4. The number of amides is 4. The Morgan fingerprint density at radius 2 is 1.83 bits per heavy atom. The average Bonchev–Trinajstić information content (AvgIpc) is 2.99. The first-order valence-electron chi connectivity index (χ1n) is 9.50. The minimum Gasteiger partial charge on any atom is -0.497 e. The third-order valence-corrected chi connectivity index (χ3v) is 5.14. The van der Waals surface area contributed by atoms with Crippen molar-refractivity contribution in [3.63, 3.8) is 0 Å². The molecule has 1 heterocycles. The molecule has 1 atom stereocenters. The van der Waals surface area contributed by atoms with E-state index < -0.39 is 29.9 Å². The number of imide groups is 1. The molecule has 0 saturated carbocycles. The number of ketones is 1. The highest BCUT2D eigenvalue weighted by molar-refractivity contribution is 6.10. The Hall–Kier alpha value is -3.68. The summed E-state index contributed by atoms with van der Waals surface area (Å²) in [4.78, 5) is 50.5. The fourth-order valence-electron chi connectivity index (χ4n) is 3.44. The third kappa shape index (κ3) is 3.89. The molecule has 2 N–H and O–H groups in total. The SMILES string of the molecule is CC[C@]1(c2ccc(OC)cc2)NC(=O)N(CC(=O)Nc2cccc(C(C)=O)c2)C1=O. The molecule has 8 heteroatoms. The van der Waals surface area contributed by atoms with Gasteiger partial charge in [-0.25, -0.2) is 4.79 Å². The second-order valence-electron chi connectivity index (χ2n) is 6.99. The van der Waals surface area contributed by atoms with Crippen LogP contribution in [0.15, 0.2) is 48.5 Å². The molecule has 3 rings (SSSR count). The maximum absolute atomic E-state index is 13.1. The van der Waals surface area contributed by atoms with Gasteiger partial charge in [0.05, 0.1) is 7.11 Å². The van der Waals surface area contributed by atoms with Crippen molar-refractivity contribution < 1.29 is 23.9 Å². The average molecular weight is 409 g/mol. The number of nitrogens with one attached hydrogen (secondary N) is 2. The van der Waals surface area contributed by atoms with Gasteiger partial charge in [-0.3, -0.25) is 19.3 Å². The number of ether oxygens (including phenoxy) is 1. The van der Waals surface area contributed by atoms with E-state index in [1.165, 1.54) is 6.92 Å². The summed E-state index contributed by atoms with van der Waals surface area (Å²) in [5.74, 6) is -0.535. The summed E-state index contributed by atoms with van der Waals surface area (Å²) in [5, 5.41) is 5.36. The zero-order valence-corrected chi connectivity index (χ0v) is 17.0. The Kier molecular flexibility index (Phi) is 5.86. The van der Waals surface area contributed by atoms with Crippen molar-refractivity contribution in [2.24, 2.45) is 0 Å². The first-order chi connectivity index (χ1) is 14.3. The summed E-state index contributed by atoms with van der Waals surface area (Å²) >= 11 is 0. The molecule has 1 saturated heterocycles. The Balaban J connectivity index is 1.77. The van der Waals surface area contributed by atoms with E-state index in [4.69, 9.17) is 4.74 Å². The Bertz CT molecular complexity index is 1000. The number of benzene rings is 2. The highest BCUT2D eigenvalue weighted by Gasteiger charge is 2.51. The second kappa shape index (κ2) is 8.36. The topological polar surface area (TPSA) is 105 Å². The monoisotopic (exact) mass is 409 g/mol. The van der Waals surface area contributed by atoms with E-state index in [0.29, 0.717) is 29.0 Å². The van der Waals surface area contributed by atoms with Crippen molar-refractivity contribution >= 4 is 29.3 Å². The molecule has 1 fully saturated rings. The molecule has 0 spiro atoms. The molecule has 0 aliphatic carbocycles. The van der Waals surface area contributed by atoms with Crippen LogP contribution in [0.5, 0.6) is 5.75 Å². The van der Waals surface area contributed by atoms with Gasteiger partial charge in [0.15, 0.2) is 5.78 Å². The number of methoxy groups -OCH3 is 1. The zero-order chi connectivity index (χ0) is 21.9. The number of nitrogens with zero attached hydrogens (tertiary/aromatic N) is 1. The highest BCUT2D eigenvalue weighted by Crippen LogP contribution is 2.33. The van der Waals surface area contributed by atoms with Gasteiger partial charge in [0.25, 0.3) is 5.91 Å². The van der Waals surface area contributed by atoms with Crippen LogP contribution < -0.4 is 15.4 Å². The molecule has 2 aromatic rings. The largest absolute Gasteiger partial charge is 0.497 e. The molecule has 0 radical (unpaired) electrons. The summed E-state index contributed by atoms with van der Waals surface area (Å²) in [6.45, 7) is 2.78. The number of hydrogen-bond donors (Lipinski definition) is 2. The maximum Gasteiger partial charge on any atom is 0.325 e. The predicted molar refractivity (Wildman–Crippen MR) is 110 cm³/mol. The number of hydrogen-bond acceptors (Lipinski definition) is 5. The van der Waals surface area contributed by atoms with Gasteiger partial charge in [0.1, 0.15) is 17.8 Å². The molecule has 1 aliphatic heterocycles. The lowest BCUT2D eigenvalue weighted by Crippen LogP contribution is -2.44. The van der Waals surface area contributed by atoms with Crippen LogP contribution in [0.4, 0.5) is 10.5 Å². The Morgan fingerprint density at radius 3 is 2.43 bits per heavy atom. The number of rotatable bonds is 7. The molecule has 4 amide bonds. The van der Waals surface area contributed by atoms with Crippen LogP contribution in [0.3, 0.4) is 0 Å². The van der Waals surface area contributed by atoms with E-state index in [0.717, 1.165) is 4.90 Å². The van der Waals surface area contributed by atoms with Gasteiger partial charge >= 0.3 is 6.03 Å². The molecule has 8 nitrogen and oxygen atoms in total. The van der Waals surface area contributed by atoms with Crippen LogP contribution in [0, 0.1) is 0 Å². The van der Waals surface area contributed by atoms with E-state index in [1.54, 1.807) is 62.6 Å². The van der Waals surface area contributed by atoms with E-state index in [2.05, 4.69) is 10.6 Å². The summed E-state index contributed by atoms with van der Waals surface area (Å²) in [6.07, 6.45) is 0.322. The molecule has 1 aliphatic rings. The van der Waals surface area contributed by atoms with Gasteiger partial charge < -0.3 is 15.4 Å². The second-order valence-corrected chi connectivity index (χ2v) is 6.99. The summed E-state index contributed by atoms with van der Waals surface area (Å²) in [5.41, 5.74) is 0.239. The molecular weight excluding hydrogens is 386 g/mol. The Morgan fingerprint density at radius 1 is 1.13 bits per heavy atom. The van der Waals surface area contributed by atoms with Crippen LogP contribution in [-0.4, -0.2) is 42.2 Å². The van der Waals surface area contributed by atoms with Crippen molar-refractivity contribution in [2.75, 3.05) is 19.0 Å². The van der Waals surface area contributed by atoms with E-state index in [1.807, 2.05) is 0 Å². The van der Waals surface area contributed by atoms with Gasteiger partial charge in [-0.15, -0.1) is 0 Å². The molecule has 2 aromatic carbocycles. The summed E-state index contributed by atoms with van der Waals surface area (Å²) < 4.78 is 5.14. The third-order valence-electron chi connectivity index (χ3n) is 5.14. The van der Waals surface area contributed by atoms with Gasteiger partial charge in [-0.1, -0.05) is 31.2 Å². The standard InChI is InChI=1S/C22H23N3O5/c1-4-22(16-8-10-18(30-3)11-9-16)20(28)25(21(29)24-22)13-19(27)23-17-7-5-6-15(12-17)14(2)26/h5-12H,4,13H2,1-3H3,(H,23,27)(H,24,29)/t22-/m1/s1. The van der Waals surface area contributed by atoms with Crippen molar-refractivity contribution in [3.8, 4) is 5.75 Å². The minimum atomic E-state index is -1.24. The number of carbonyl (C=O) groups is 4. The van der Waals surface area contributed by atoms with Crippen LogP contribution in [0.25, 0.3) is 0 Å². The lowest BCUT2D eigenvalue weighted by Gasteiger charge is -2.26. The molecule has 0 unspecified atom stereocenters. The van der Waals surface area contributed by atoms with Crippen LogP contribution in [-0.2, 0) is 15.1 Å². The number of Topliss-reactive ketones (excluding diaryl/α,β-unsaturated/α-hetero) is 1. The number of anilines is 1. The van der Waals surface area contributed by atoms with Crippen LogP contribution in [0.2, 0.25) is 0 Å². The molecule has 156 valence electrons. The summed E-state index contributed by atoms with van der Waals surface area (Å²) in [7, 11) is 1.54. The van der Waals surface area contributed by atoms with Gasteiger partial charge in [0, 0.05) is 11.3 Å². The highest BCUT2D eigenvalue weighted by atomic mass is 16.5. The van der Waals surface area contributed by atoms with Crippen molar-refractivity contribution in [1.82, 2.24) is 10.2 Å². The maximum atomic E-state index is 13.1. The molecular formula is C22H23N3O5. The molecule has 30 heavy (non-hydrogen) atoms. The van der Waals surface area contributed by atoms with Crippen LogP contribution >= 0.6 is 0 Å². The lowest BCUT2D eigenvalue weighted by atomic mass is 9.87. The van der Waals surface area contributed by atoms with Gasteiger partial charge in [-0.2, -0.15) is 0 Å². The lowest BCUT2D eigenvalue weighted by molar-refractivity contribution is -0.134. The van der Waals surface area contributed by atoms with E-state index >= 15 is 0 Å². The van der Waals surface area contributed by atoms with Crippen LogP contribution in [0.1, 0.15) is 36.2 Å². The van der Waals surface area contributed by atoms with Crippen molar-refractivity contribution in [1.29, 1.82) is 0 Å². The van der Waals surface area contributed by atoms with Gasteiger partial charge in [-0.05, 0) is 43.2 Å². The minimum absolute atomic E-state index is 0.132. The first-order valence-corrected chi connectivity index (χ1v) is 9.50. The molecule has 0 aromatic heterocycles. The molecule has 0 bridgehead atoms. The van der Waals surface area contributed by atoms with E-state index in [-0.39, 0.29) is 5.78 Å². The zero-order valence-electron chi connectivity index (χ0n) is 17.0. The fraction of sp³-hybridized carbons (Fsp3) is 0.273.